The van der Waals surface area contributed by atoms with Crippen LogP contribution in [0, 0.1) is 5.41 Å². The number of nitrogens with one attached hydrogen (secondary N) is 1. The molecule has 0 amide bonds. The first-order valence-corrected chi connectivity index (χ1v) is 11.4. The fourth-order valence-electron chi connectivity index (χ4n) is 3.10. The maximum absolute atomic E-state index is 12.6. The fourth-order valence-corrected chi connectivity index (χ4v) is 6.95. The van der Waals surface area contributed by atoms with Crippen LogP contribution in [0.25, 0.3) is 0 Å². The van der Waals surface area contributed by atoms with Crippen LogP contribution in [0.2, 0.25) is 0 Å². The van der Waals surface area contributed by atoms with Crippen molar-refractivity contribution in [2.75, 3.05) is 24.3 Å². The van der Waals surface area contributed by atoms with E-state index < -0.39 is 24.9 Å². The van der Waals surface area contributed by atoms with Crippen LogP contribution in [0.1, 0.15) is 46.5 Å². The third kappa shape index (κ3) is 5.53. The fraction of sp³-hybridized carbons (Fsp3) is 1.00. The number of rotatable bonds is 7. The van der Waals surface area contributed by atoms with Crippen LogP contribution in [0.15, 0.2) is 0 Å². The molecule has 0 spiro atoms. The van der Waals surface area contributed by atoms with Crippen molar-refractivity contribution in [3.8, 4) is 0 Å². The van der Waals surface area contributed by atoms with Crippen LogP contribution < -0.4 is 5.32 Å². The Kier molecular flexibility index (Phi) is 6.27. The van der Waals surface area contributed by atoms with Crippen molar-refractivity contribution in [2.45, 2.75) is 57.7 Å². The Morgan fingerprint density at radius 2 is 1.76 bits per heavy atom. The van der Waals surface area contributed by atoms with E-state index in [0.29, 0.717) is 6.42 Å². The summed E-state index contributed by atoms with van der Waals surface area (Å²) < 4.78 is 47.7. The molecular formula is C14H29NO4S2. The molecule has 2 atom stereocenters. The minimum atomic E-state index is -3.41. The largest absolute Gasteiger partial charge is 0.312 e. The van der Waals surface area contributed by atoms with E-state index in [1.165, 1.54) is 0 Å². The van der Waals surface area contributed by atoms with Crippen molar-refractivity contribution in [1.29, 1.82) is 0 Å². The molecule has 0 aromatic rings. The van der Waals surface area contributed by atoms with Crippen molar-refractivity contribution in [3.63, 3.8) is 0 Å². The number of sulfone groups is 2. The summed E-state index contributed by atoms with van der Waals surface area (Å²) in [5.74, 6) is -0.552. The van der Waals surface area contributed by atoms with Gasteiger partial charge in [0.1, 0.15) is 9.84 Å². The van der Waals surface area contributed by atoms with E-state index >= 15 is 0 Å². The Balaban J connectivity index is 2.94. The summed E-state index contributed by atoms with van der Waals surface area (Å²) in [7, 11) is -6.67. The van der Waals surface area contributed by atoms with Crippen molar-refractivity contribution >= 4 is 19.7 Å². The van der Waals surface area contributed by atoms with Gasteiger partial charge in [0.05, 0.1) is 16.8 Å². The highest BCUT2D eigenvalue weighted by Crippen LogP contribution is 2.38. The lowest BCUT2D eigenvalue weighted by Crippen LogP contribution is -2.56. The molecular weight excluding hydrogens is 310 g/mol. The van der Waals surface area contributed by atoms with E-state index in [-0.39, 0.29) is 23.0 Å². The SMILES string of the molecule is CCCNC1C(S(=O)(=O)CCS(C)(=O)=O)CCCC1(C)C. The zero-order valence-corrected chi connectivity index (χ0v) is 15.2. The monoisotopic (exact) mass is 339 g/mol. The quantitative estimate of drug-likeness (QED) is 0.758. The molecule has 0 radical (unpaired) electrons. The van der Waals surface area contributed by atoms with Gasteiger partial charge in [-0.1, -0.05) is 27.2 Å². The molecule has 21 heavy (non-hydrogen) atoms. The van der Waals surface area contributed by atoms with Gasteiger partial charge >= 0.3 is 0 Å². The lowest BCUT2D eigenvalue weighted by molar-refractivity contribution is 0.171. The van der Waals surface area contributed by atoms with Crippen LogP contribution >= 0.6 is 0 Å². The Morgan fingerprint density at radius 3 is 2.29 bits per heavy atom. The molecule has 5 nitrogen and oxygen atoms in total. The van der Waals surface area contributed by atoms with Gasteiger partial charge < -0.3 is 5.32 Å². The lowest BCUT2D eigenvalue weighted by Gasteiger charge is -2.44. The van der Waals surface area contributed by atoms with E-state index in [0.717, 1.165) is 32.1 Å². The number of hydrogen-bond donors (Lipinski definition) is 1. The molecule has 7 heteroatoms. The molecule has 1 fully saturated rings. The molecule has 1 rings (SSSR count). The summed E-state index contributed by atoms with van der Waals surface area (Å²) >= 11 is 0. The van der Waals surface area contributed by atoms with Crippen LogP contribution in [0.3, 0.4) is 0 Å². The first-order valence-electron chi connectivity index (χ1n) is 7.62. The second kappa shape index (κ2) is 6.96. The van der Waals surface area contributed by atoms with Gasteiger partial charge in [0.15, 0.2) is 9.84 Å². The second-order valence-electron chi connectivity index (χ2n) is 6.85. The van der Waals surface area contributed by atoms with Crippen LogP contribution in [0.4, 0.5) is 0 Å². The summed E-state index contributed by atoms with van der Waals surface area (Å²) in [6.07, 6.45) is 4.52. The van der Waals surface area contributed by atoms with Gasteiger partial charge in [-0.25, -0.2) is 16.8 Å². The van der Waals surface area contributed by atoms with Gasteiger partial charge in [0.25, 0.3) is 0 Å². The zero-order valence-electron chi connectivity index (χ0n) is 13.6. The van der Waals surface area contributed by atoms with E-state index in [2.05, 4.69) is 26.1 Å². The predicted octanol–water partition coefficient (Wildman–Crippen LogP) is 1.39. The summed E-state index contributed by atoms with van der Waals surface area (Å²) in [5, 5.41) is 2.91. The Hall–Kier alpha value is -0.140. The van der Waals surface area contributed by atoms with Crippen LogP contribution in [0.5, 0.6) is 0 Å². The Labute approximate surface area is 129 Å². The van der Waals surface area contributed by atoms with Crippen molar-refractivity contribution in [3.05, 3.63) is 0 Å². The summed E-state index contributed by atoms with van der Waals surface area (Å²) in [4.78, 5) is 0. The molecule has 1 saturated carbocycles. The van der Waals surface area contributed by atoms with Crippen molar-refractivity contribution in [2.24, 2.45) is 5.41 Å². The highest BCUT2D eigenvalue weighted by molar-refractivity contribution is 7.95. The third-order valence-electron chi connectivity index (χ3n) is 4.34. The molecule has 0 aromatic carbocycles. The first kappa shape index (κ1) is 18.9. The van der Waals surface area contributed by atoms with Gasteiger partial charge in [-0.05, 0) is 31.2 Å². The molecule has 0 aromatic heterocycles. The maximum atomic E-state index is 12.6. The average Bonchev–Trinajstić information content (AvgIpc) is 2.33. The molecule has 1 aliphatic rings. The van der Waals surface area contributed by atoms with Gasteiger partial charge in [0, 0.05) is 12.3 Å². The van der Waals surface area contributed by atoms with Crippen LogP contribution in [-0.2, 0) is 19.7 Å². The molecule has 0 heterocycles. The molecule has 2 unspecified atom stereocenters. The van der Waals surface area contributed by atoms with Gasteiger partial charge in [-0.2, -0.15) is 0 Å². The average molecular weight is 340 g/mol. The Bertz CT molecular complexity index is 537. The van der Waals surface area contributed by atoms with E-state index in [4.69, 9.17) is 0 Å². The minimum absolute atomic E-state index is 0.0871. The van der Waals surface area contributed by atoms with E-state index in [9.17, 15) is 16.8 Å². The summed E-state index contributed by atoms with van der Waals surface area (Å²) in [5.41, 5.74) is -0.0871. The predicted molar refractivity (Wildman–Crippen MR) is 87.0 cm³/mol. The van der Waals surface area contributed by atoms with Crippen molar-refractivity contribution in [1.82, 2.24) is 5.32 Å². The highest BCUT2D eigenvalue weighted by atomic mass is 32.2. The third-order valence-corrected chi connectivity index (χ3v) is 7.75. The molecule has 0 bridgehead atoms. The van der Waals surface area contributed by atoms with E-state index in [1.807, 2.05) is 0 Å². The Morgan fingerprint density at radius 1 is 1.14 bits per heavy atom. The maximum Gasteiger partial charge on any atom is 0.155 e. The minimum Gasteiger partial charge on any atom is -0.312 e. The standard InChI is InChI=1S/C14H29NO4S2/c1-5-9-15-13-12(7-6-8-14(13,2)3)21(18,19)11-10-20(4,16)17/h12-13,15H,5-11H2,1-4H3. The highest BCUT2D eigenvalue weighted by Gasteiger charge is 2.44. The summed E-state index contributed by atoms with van der Waals surface area (Å²) in [6, 6.07) is -0.101. The molecule has 1 N–H and O–H groups in total. The summed E-state index contributed by atoms with van der Waals surface area (Å²) in [6.45, 7) is 7.03. The first-order chi connectivity index (χ1) is 9.49. The van der Waals surface area contributed by atoms with Gasteiger partial charge in [-0.3, -0.25) is 0 Å². The lowest BCUT2D eigenvalue weighted by atomic mass is 9.73. The second-order valence-corrected chi connectivity index (χ2v) is 11.4. The van der Waals surface area contributed by atoms with Gasteiger partial charge in [0.2, 0.25) is 0 Å². The molecule has 0 aliphatic heterocycles. The van der Waals surface area contributed by atoms with Crippen molar-refractivity contribution < 1.29 is 16.8 Å². The molecule has 1 aliphatic carbocycles. The normalized spacial score (nSPS) is 26.7. The number of hydrogen-bond acceptors (Lipinski definition) is 5. The smallest absolute Gasteiger partial charge is 0.155 e. The topological polar surface area (TPSA) is 80.3 Å². The van der Waals surface area contributed by atoms with E-state index in [1.54, 1.807) is 0 Å². The van der Waals surface area contributed by atoms with Crippen LogP contribution in [-0.4, -0.2) is 52.4 Å². The zero-order chi connectivity index (χ0) is 16.3. The van der Waals surface area contributed by atoms with Gasteiger partial charge in [-0.15, -0.1) is 0 Å². The molecule has 0 saturated heterocycles. The molecule has 126 valence electrons.